The summed E-state index contributed by atoms with van der Waals surface area (Å²) in [5, 5.41) is 9.78. The molecule has 2 N–H and O–H groups in total. The Kier molecular flexibility index (Phi) is 6.43. The van der Waals surface area contributed by atoms with Crippen LogP contribution in [0.2, 0.25) is 0 Å². The van der Waals surface area contributed by atoms with Crippen molar-refractivity contribution >= 4 is 5.97 Å². The molecule has 154 valence electrons. The number of allylic oxidation sites excluding steroid dienone is 2. The fourth-order valence-corrected chi connectivity index (χ4v) is 3.41. The van der Waals surface area contributed by atoms with Gasteiger partial charge in [0.25, 0.3) is 0 Å². The molecule has 2 aromatic rings. The van der Waals surface area contributed by atoms with E-state index in [1.54, 1.807) is 13.8 Å². The second kappa shape index (κ2) is 9.19. The van der Waals surface area contributed by atoms with Crippen LogP contribution in [-0.4, -0.2) is 12.6 Å². The van der Waals surface area contributed by atoms with Crippen molar-refractivity contribution in [2.24, 2.45) is 5.73 Å². The first-order valence-electron chi connectivity index (χ1n) is 9.69. The van der Waals surface area contributed by atoms with E-state index in [9.17, 15) is 10.1 Å². The molecule has 1 unspecified atom stereocenters. The molecule has 2 aromatic carbocycles. The fraction of sp³-hybridized carbons (Fsp3) is 0.250. The lowest BCUT2D eigenvalue weighted by atomic mass is 9.82. The molecule has 0 radical (unpaired) electrons. The number of nitrogens with zero attached hydrogens (tertiary/aromatic N) is 1. The molecule has 30 heavy (non-hydrogen) atoms. The first kappa shape index (κ1) is 21.0. The first-order valence-corrected chi connectivity index (χ1v) is 9.69. The van der Waals surface area contributed by atoms with Gasteiger partial charge in [0.2, 0.25) is 5.88 Å². The molecule has 0 saturated carbocycles. The molecule has 1 heterocycles. The van der Waals surface area contributed by atoms with Crippen LogP contribution < -0.4 is 10.5 Å². The normalized spacial score (nSPS) is 16.0. The van der Waals surface area contributed by atoms with E-state index in [0.717, 1.165) is 11.1 Å². The van der Waals surface area contributed by atoms with Gasteiger partial charge in [-0.25, -0.2) is 4.79 Å². The molecule has 6 nitrogen and oxygen atoms in total. The van der Waals surface area contributed by atoms with Crippen LogP contribution in [0.15, 0.2) is 71.3 Å². The predicted molar refractivity (Wildman–Crippen MR) is 112 cm³/mol. The number of carbonyl (C=O) groups excluding carboxylic acids is 1. The topological polar surface area (TPSA) is 94.6 Å². The summed E-state index contributed by atoms with van der Waals surface area (Å²) in [5.74, 6) is -0.433. The lowest BCUT2D eigenvalue weighted by molar-refractivity contribution is -0.139. The minimum Gasteiger partial charge on any atom is -0.489 e. The zero-order valence-electron chi connectivity index (χ0n) is 17.3. The summed E-state index contributed by atoms with van der Waals surface area (Å²) < 4.78 is 16.8. The number of hydrogen-bond acceptors (Lipinski definition) is 6. The molecule has 0 bridgehead atoms. The lowest BCUT2D eigenvalue weighted by Crippen LogP contribution is -2.26. The third kappa shape index (κ3) is 4.31. The molecule has 1 aliphatic heterocycles. The fourth-order valence-electron chi connectivity index (χ4n) is 3.41. The minimum atomic E-state index is -0.742. The van der Waals surface area contributed by atoms with Gasteiger partial charge in [0.15, 0.2) is 0 Å². The van der Waals surface area contributed by atoms with Crippen LogP contribution >= 0.6 is 0 Å². The molecule has 0 amide bonds. The van der Waals surface area contributed by atoms with Gasteiger partial charge in [0, 0.05) is 5.56 Å². The van der Waals surface area contributed by atoms with Gasteiger partial charge in [-0.05, 0) is 38.0 Å². The van der Waals surface area contributed by atoms with Crippen molar-refractivity contribution in [2.75, 3.05) is 6.61 Å². The third-order valence-electron chi connectivity index (χ3n) is 4.82. The van der Waals surface area contributed by atoms with Crippen molar-refractivity contribution in [3.05, 3.63) is 88.0 Å². The molecule has 0 spiro atoms. The monoisotopic (exact) mass is 404 g/mol. The zero-order valence-corrected chi connectivity index (χ0v) is 17.3. The average Bonchev–Trinajstić information content (AvgIpc) is 2.73. The van der Waals surface area contributed by atoms with Crippen LogP contribution in [0, 0.1) is 18.3 Å². The van der Waals surface area contributed by atoms with Gasteiger partial charge in [-0.15, -0.1) is 0 Å². The van der Waals surface area contributed by atoms with Gasteiger partial charge >= 0.3 is 5.97 Å². The van der Waals surface area contributed by atoms with Gasteiger partial charge < -0.3 is 19.9 Å². The highest BCUT2D eigenvalue weighted by Gasteiger charge is 2.37. The highest BCUT2D eigenvalue weighted by atomic mass is 16.5. The van der Waals surface area contributed by atoms with Crippen LogP contribution in [0.5, 0.6) is 5.75 Å². The number of nitrogens with two attached hydrogens (primary N) is 1. The van der Waals surface area contributed by atoms with Gasteiger partial charge in [-0.2, -0.15) is 5.26 Å². The average molecular weight is 404 g/mol. The number of carbonyl (C=O) groups is 1. The number of esters is 1. The number of ether oxygens (including phenoxy) is 3. The summed E-state index contributed by atoms with van der Waals surface area (Å²) in [6.07, 6.45) is 0. The molecule has 3 rings (SSSR count). The van der Waals surface area contributed by atoms with Gasteiger partial charge in [0.05, 0.1) is 18.1 Å². The number of hydrogen-bond donors (Lipinski definition) is 1. The van der Waals surface area contributed by atoms with E-state index in [-0.39, 0.29) is 23.6 Å². The maximum Gasteiger partial charge on any atom is 0.338 e. The van der Waals surface area contributed by atoms with E-state index < -0.39 is 11.9 Å². The molecule has 0 saturated heterocycles. The number of aryl methyl sites for hydroxylation is 1. The largest absolute Gasteiger partial charge is 0.489 e. The highest BCUT2D eigenvalue weighted by Crippen LogP contribution is 2.43. The van der Waals surface area contributed by atoms with Crippen molar-refractivity contribution in [1.82, 2.24) is 0 Å². The first-order chi connectivity index (χ1) is 14.5. The van der Waals surface area contributed by atoms with E-state index in [0.29, 0.717) is 23.7 Å². The molecule has 6 heteroatoms. The summed E-state index contributed by atoms with van der Waals surface area (Å²) >= 11 is 0. The smallest absolute Gasteiger partial charge is 0.338 e. The minimum absolute atomic E-state index is 0.0253. The van der Waals surface area contributed by atoms with E-state index in [1.165, 1.54) is 0 Å². The van der Waals surface area contributed by atoms with Crippen LogP contribution in [0.3, 0.4) is 0 Å². The summed E-state index contributed by atoms with van der Waals surface area (Å²) in [6.45, 7) is 5.86. The van der Waals surface area contributed by atoms with Crippen LogP contribution in [-0.2, 0) is 20.9 Å². The van der Waals surface area contributed by atoms with Crippen molar-refractivity contribution < 1.29 is 19.0 Å². The molecule has 0 fully saturated rings. The maximum absolute atomic E-state index is 12.7. The van der Waals surface area contributed by atoms with E-state index in [1.807, 2.05) is 55.5 Å². The quantitative estimate of drug-likeness (QED) is 0.725. The van der Waals surface area contributed by atoms with Gasteiger partial charge in [-0.1, -0.05) is 42.5 Å². The highest BCUT2D eigenvalue weighted by molar-refractivity contribution is 5.92. The Balaban J connectivity index is 2.09. The van der Waals surface area contributed by atoms with Crippen molar-refractivity contribution in [2.45, 2.75) is 33.3 Å². The Bertz CT molecular complexity index is 1050. The molecule has 1 atom stereocenters. The van der Waals surface area contributed by atoms with Crippen molar-refractivity contribution in [1.29, 1.82) is 5.26 Å². The lowest BCUT2D eigenvalue weighted by Gasteiger charge is -2.28. The summed E-state index contributed by atoms with van der Waals surface area (Å²) in [4.78, 5) is 12.7. The maximum atomic E-state index is 12.7. The summed E-state index contributed by atoms with van der Waals surface area (Å²) in [6, 6.07) is 17.5. The number of benzene rings is 2. The Morgan fingerprint density at radius 3 is 2.60 bits per heavy atom. The van der Waals surface area contributed by atoms with Crippen LogP contribution in [0.1, 0.15) is 36.5 Å². The molecule has 1 aliphatic rings. The SMILES string of the molecule is CCOC(=O)C1=C(C)OC(N)=C(C#N)C1c1ccc(C)cc1OCc1ccccc1. The number of nitriles is 1. The Labute approximate surface area is 176 Å². The summed E-state index contributed by atoms with van der Waals surface area (Å²) in [5.41, 5.74) is 9.04. The van der Waals surface area contributed by atoms with Crippen LogP contribution in [0.25, 0.3) is 0 Å². The van der Waals surface area contributed by atoms with Gasteiger partial charge in [0.1, 0.15) is 29.8 Å². The number of rotatable bonds is 6. The molecular weight excluding hydrogens is 380 g/mol. The Morgan fingerprint density at radius 2 is 1.93 bits per heavy atom. The summed E-state index contributed by atoms with van der Waals surface area (Å²) in [7, 11) is 0. The third-order valence-corrected chi connectivity index (χ3v) is 4.82. The van der Waals surface area contributed by atoms with Gasteiger partial charge in [-0.3, -0.25) is 0 Å². The van der Waals surface area contributed by atoms with Crippen LogP contribution in [0.4, 0.5) is 0 Å². The standard InChI is InChI=1S/C24H24N2O4/c1-4-28-24(27)21-16(3)30-23(26)19(13-25)22(21)18-11-10-15(2)12-20(18)29-14-17-8-6-5-7-9-17/h5-12,22H,4,14,26H2,1-3H3. The second-order valence-corrected chi connectivity index (χ2v) is 6.93. The molecule has 0 aliphatic carbocycles. The molecule has 0 aromatic heterocycles. The Morgan fingerprint density at radius 1 is 1.20 bits per heavy atom. The second-order valence-electron chi connectivity index (χ2n) is 6.93. The van der Waals surface area contributed by atoms with E-state index in [4.69, 9.17) is 19.9 Å². The Hall–Kier alpha value is -3.72. The zero-order chi connectivity index (χ0) is 21.7. The predicted octanol–water partition coefficient (Wildman–Crippen LogP) is 4.22. The van der Waals surface area contributed by atoms with E-state index in [2.05, 4.69) is 6.07 Å². The van der Waals surface area contributed by atoms with Crippen molar-refractivity contribution in [3.8, 4) is 11.8 Å². The van der Waals surface area contributed by atoms with Crippen molar-refractivity contribution in [3.63, 3.8) is 0 Å². The molecular formula is C24H24N2O4. The van der Waals surface area contributed by atoms with E-state index >= 15 is 0 Å².